The van der Waals surface area contributed by atoms with Crippen molar-refractivity contribution in [2.24, 2.45) is 0 Å². The zero-order valence-electron chi connectivity index (χ0n) is 7.76. The maximum atomic E-state index is 4.86. The maximum absolute atomic E-state index is 4.86. The number of rotatable bonds is 6. The SMILES string of the molecule is COCCN(S)CCOC.Cl.Cl.Cl. The monoisotopic (exact) mass is 273 g/mol. The van der Waals surface area contributed by atoms with Crippen molar-refractivity contribution in [1.82, 2.24) is 4.31 Å². The van der Waals surface area contributed by atoms with Crippen LogP contribution in [0.4, 0.5) is 0 Å². The lowest BCUT2D eigenvalue weighted by Gasteiger charge is -2.12. The van der Waals surface area contributed by atoms with Crippen LogP contribution < -0.4 is 0 Å². The van der Waals surface area contributed by atoms with Gasteiger partial charge in [0.05, 0.1) is 13.2 Å². The van der Waals surface area contributed by atoms with Crippen LogP contribution in [0.3, 0.4) is 0 Å². The van der Waals surface area contributed by atoms with E-state index in [1.807, 2.05) is 4.31 Å². The van der Waals surface area contributed by atoms with E-state index >= 15 is 0 Å². The van der Waals surface area contributed by atoms with Crippen LogP contribution in [0.15, 0.2) is 0 Å². The molecule has 13 heavy (non-hydrogen) atoms. The summed E-state index contributed by atoms with van der Waals surface area (Å²) in [5, 5.41) is 0. The minimum atomic E-state index is 0. The normalized spacial score (nSPS) is 8.31. The summed E-state index contributed by atoms with van der Waals surface area (Å²) in [6, 6.07) is 0. The van der Waals surface area contributed by atoms with Gasteiger partial charge in [-0.3, -0.25) is 0 Å². The predicted molar refractivity (Wildman–Crippen MR) is 66.1 cm³/mol. The Morgan fingerprint density at radius 2 is 1.23 bits per heavy atom. The van der Waals surface area contributed by atoms with E-state index in [4.69, 9.17) is 9.47 Å². The predicted octanol–water partition coefficient (Wildman–Crippen LogP) is 1.69. The molecule has 0 atom stereocenters. The number of nitrogens with zero attached hydrogens (tertiary/aromatic N) is 1. The number of hydrogen-bond acceptors (Lipinski definition) is 4. The van der Waals surface area contributed by atoms with Gasteiger partial charge in [-0.05, 0) is 0 Å². The minimum Gasteiger partial charge on any atom is -0.383 e. The number of hydrogen-bond donors (Lipinski definition) is 1. The zero-order chi connectivity index (χ0) is 7.82. The van der Waals surface area contributed by atoms with Crippen LogP contribution in [0.2, 0.25) is 0 Å². The third-order valence-electron chi connectivity index (χ3n) is 1.11. The molecule has 0 bridgehead atoms. The van der Waals surface area contributed by atoms with E-state index in [0.29, 0.717) is 13.2 Å². The van der Waals surface area contributed by atoms with Crippen LogP contribution in [0.5, 0.6) is 0 Å². The molecule has 0 spiro atoms. The first-order valence-corrected chi connectivity index (χ1v) is 3.63. The zero-order valence-corrected chi connectivity index (χ0v) is 11.1. The highest BCUT2D eigenvalue weighted by Gasteiger charge is 1.95. The largest absolute Gasteiger partial charge is 0.383 e. The number of ether oxygens (including phenoxy) is 2. The topological polar surface area (TPSA) is 21.7 Å². The molecule has 0 aliphatic carbocycles. The van der Waals surface area contributed by atoms with Crippen LogP contribution in [0, 0.1) is 0 Å². The summed E-state index contributed by atoms with van der Waals surface area (Å²) in [5.41, 5.74) is 0. The Hall–Kier alpha value is 1.10. The molecule has 7 heteroatoms. The lowest BCUT2D eigenvalue weighted by atomic mass is 10.6. The van der Waals surface area contributed by atoms with Crippen molar-refractivity contribution < 1.29 is 9.47 Å². The van der Waals surface area contributed by atoms with Gasteiger partial charge in [-0.25, -0.2) is 4.31 Å². The fraction of sp³-hybridized carbons (Fsp3) is 1.00. The second-order valence-corrected chi connectivity index (χ2v) is 2.50. The van der Waals surface area contributed by atoms with Crippen molar-refractivity contribution in [2.45, 2.75) is 0 Å². The average Bonchev–Trinajstić information content (AvgIpc) is 1.97. The molecule has 0 aliphatic rings. The van der Waals surface area contributed by atoms with Crippen LogP contribution in [0.25, 0.3) is 0 Å². The summed E-state index contributed by atoms with van der Waals surface area (Å²) in [5.74, 6) is 0. The van der Waals surface area contributed by atoms with Gasteiger partial charge < -0.3 is 9.47 Å². The summed E-state index contributed by atoms with van der Waals surface area (Å²) in [6.07, 6.45) is 0. The Labute approximate surface area is 104 Å². The molecule has 0 aromatic heterocycles. The quantitative estimate of drug-likeness (QED) is 0.745. The molecule has 0 unspecified atom stereocenters. The summed E-state index contributed by atoms with van der Waals surface area (Å²) in [4.78, 5) is 0. The third-order valence-corrected chi connectivity index (χ3v) is 1.51. The molecular formula is C6H18Cl3NO2S. The Morgan fingerprint density at radius 1 is 0.923 bits per heavy atom. The smallest absolute Gasteiger partial charge is 0.0599 e. The van der Waals surface area contributed by atoms with Gasteiger partial charge in [0, 0.05) is 27.3 Å². The van der Waals surface area contributed by atoms with Gasteiger partial charge >= 0.3 is 0 Å². The van der Waals surface area contributed by atoms with Crippen molar-refractivity contribution in [3.05, 3.63) is 0 Å². The van der Waals surface area contributed by atoms with Gasteiger partial charge in [-0.15, -0.1) is 37.2 Å². The second kappa shape index (κ2) is 18.8. The number of halogens is 3. The second-order valence-electron chi connectivity index (χ2n) is 1.94. The van der Waals surface area contributed by atoms with Crippen molar-refractivity contribution >= 4 is 50.0 Å². The van der Waals surface area contributed by atoms with Gasteiger partial charge in [0.25, 0.3) is 0 Å². The lowest BCUT2D eigenvalue weighted by molar-refractivity contribution is 0.155. The van der Waals surface area contributed by atoms with E-state index < -0.39 is 0 Å². The van der Waals surface area contributed by atoms with E-state index in [1.165, 1.54) is 0 Å². The van der Waals surface area contributed by atoms with Gasteiger partial charge in [0.2, 0.25) is 0 Å². The molecule has 0 rings (SSSR count). The summed E-state index contributed by atoms with van der Waals surface area (Å²) in [6.45, 7) is 3.10. The fourth-order valence-electron chi connectivity index (χ4n) is 0.505. The minimum absolute atomic E-state index is 0. The fourth-order valence-corrected chi connectivity index (χ4v) is 0.668. The molecule has 86 valence electrons. The molecule has 0 fully saturated rings. The molecule has 0 N–H and O–H groups in total. The molecular weight excluding hydrogens is 256 g/mol. The van der Waals surface area contributed by atoms with Crippen molar-refractivity contribution in [3.63, 3.8) is 0 Å². The van der Waals surface area contributed by atoms with Crippen molar-refractivity contribution in [2.75, 3.05) is 40.5 Å². The van der Waals surface area contributed by atoms with Crippen molar-refractivity contribution in [1.29, 1.82) is 0 Å². The molecule has 0 amide bonds. The van der Waals surface area contributed by atoms with E-state index in [-0.39, 0.29) is 37.2 Å². The molecule has 0 saturated heterocycles. The van der Waals surface area contributed by atoms with E-state index in [1.54, 1.807) is 14.2 Å². The average molecular weight is 275 g/mol. The van der Waals surface area contributed by atoms with Gasteiger partial charge in [-0.2, -0.15) is 0 Å². The Morgan fingerprint density at radius 3 is 1.46 bits per heavy atom. The Bertz CT molecular complexity index is 74.9. The first kappa shape index (κ1) is 23.7. The number of methoxy groups -OCH3 is 2. The van der Waals surface area contributed by atoms with Crippen LogP contribution in [0.1, 0.15) is 0 Å². The standard InChI is InChI=1S/C6H15NO2S.3ClH/c1-8-5-3-7(10)4-6-9-2;;;/h10H,3-6H2,1-2H3;3*1H. The summed E-state index contributed by atoms with van der Waals surface area (Å²) < 4.78 is 11.6. The van der Waals surface area contributed by atoms with Crippen LogP contribution in [-0.4, -0.2) is 44.8 Å². The van der Waals surface area contributed by atoms with Gasteiger partial charge in [-0.1, -0.05) is 12.8 Å². The van der Waals surface area contributed by atoms with Crippen LogP contribution >= 0.6 is 50.0 Å². The highest BCUT2D eigenvalue weighted by Crippen LogP contribution is 1.91. The van der Waals surface area contributed by atoms with Crippen molar-refractivity contribution in [3.8, 4) is 0 Å². The third kappa shape index (κ3) is 19.5. The van der Waals surface area contributed by atoms with Gasteiger partial charge in [0.15, 0.2) is 0 Å². The highest BCUT2D eigenvalue weighted by molar-refractivity contribution is 7.77. The number of thiol groups is 1. The first-order chi connectivity index (χ1) is 4.81. The Balaban J connectivity index is -0.000000135. The summed E-state index contributed by atoms with van der Waals surface area (Å²) in [7, 11) is 3.36. The maximum Gasteiger partial charge on any atom is 0.0599 e. The first-order valence-electron chi connectivity index (χ1n) is 3.23. The molecule has 0 saturated carbocycles. The molecule has 0 aromatic rings. The lowest BCUT2D eigenvalue weighted by Crippen LogP contribution is -2.21. The van der Waals surface area contributed by atoms with E-state index in [9.17, 15) is 0 Å². The molecule has 0 heterocycles. The highest BCUT2D eigenvalue weighted by atomic mass is 35.5. The van der Waals surface area contributed by atoms with Crippen LogP contribution in [-0.2, 0) is 9.47 Å². The van der Waals surface area contributed by atoms with Gasteiger partial charge in [0.1, 0.15) is 0 Å². The van der Waals surface area contributed by atoms with E-state index in [2.05, 4.69) is 12.8 Å². The summed E-state index contributed by atoms with van der Waals surface area (Å²) >= 11 is 4.17. The Kier molecular flexibility index (Phi) is 34.3. The molecule has 0 radical (unpaired) electrons. The molecule has 0 aromatic carbocycles. The van der Waals surface area contributed by atoms with E-state index in [0.717, 1.165) is 13.1 Å². The molecule has 0 aliphatic heterocycles. The molecule has 3 nitrogen and oxygen atoms in total.